The number of nitrogens with zero attached hydrogens (tertiary/aromatic N) is 6. The summed E-state index contributed by atoms with van der Waals surface area (Å²) in [5.41, 5.74) is 3.70. The molecule has 0 aliphatic heterocycles. The molecule has 170 valence electrons. The van der Waals surface area contributed by atoms with Crippen molar-refractivity contribution in [2.24, 2.45) is 10.1 Å². The molecule has 4 rings (SSSR count). The standard InChI is InChI=1S/C23H18N6O4S/c1-15-5-6-18(12-21(15)29(32)33)16(2)26-27-22(17-7-9-20(10-8-17)28(30)31)14-34-23(27)25-19-4-3-11-24-13-19/h3-14H,1-2H3. The molecule has 0 atom stereocenters. The second-order valence-corrected chi connectivity index (χ2v) is 8.12. The number of pyridine rings is 1. The third kappa shape index (κ3) is 4.79. The van der Waals surface area contributed by atoms with Gasteiger partial charge < -0.3 is 0 Å². The summed E-state index contributed by atoms with van der Waals surface area (Å²) >= 11 is 1.34. The maximum absolute atomic E-state index is 11.4. The molecule has 34 heavy (non-hydrogen) atoms. The topological polar surface area (TPSA) is 129 Å². The summed E-state index contributed by atoms with van der Waals surface area (Å²) in [5.74, 6) is 0. The Balaban J connectivity index is 1.88. The van der Waals surface area contributed by atoms with Crippen LogP contribution in [0, 0.1) is 27.2 Å². The lowest BCUT2D eigenvalue weighted by Gasteiger charge is -2.07. The van der Waals surface area contributed by atoms with Gasteiger partial charge in [0, 0.05) is 46.5 Å². The van der Waals surface area contributed by atoms with Crippen LogP contribution in [0.25, 0.3) is 11.3 Å². The zero-order valence-corrected chi connectivity index (χ0v) is 19.0. The highest BCUT2D eigenvalue weighted by atomic mass is 32.1. The molecular weight excluding hydrogens is 456 g/mol. The maximum Gasteiger partial charge on any atom is 0.272 e. The lowest BCUT2D eigenvalue weighted by atomic mass is 10.1. The first-order valence-corrected chi connectivity index (χ1v) is 10.9. The van der Waals surface area contributed by atoms with E-state index in [-0.39, 0.29) is 11.4 Å². The highest BCUT2D eigenvalue weighted by Crippen LogP contribution is 2.25. The molecule has 0 aliphatic rings. The summed E-state index contributed by atoms with van der Waals surface area (Å²) in [6.45, 7) is 3.44. The fourth-order valence-corrected chi connectivity index (χ4v) is 4.05. The molecule has 4 aromatic rings. The Morgan fingerprint density at radius 2 is 1.82 bits per heavy atom. The van der Waals surface area contributed by atoms with Gasteiger partial charge in [-0.2, -0.15) is 5.10 Å². The number of aryl methyl sites for hydroxylation is 1. The van der Waals surface area contributed by atoms with Crippen molar-refractivity contribution in [3.63, 3.8) is 0 Å². The van der Waals surface area contributed by atoms with E-state index in [0.717, 1.165) is 0 Å². The molecule has 0 saturated carbocycles. The number of non-ortho nitro benzene ring substituents is 1. The van der Waals surface area contributed by atoms with Crippen molar-refractivity contribution < 1.29 is 9.85 Å². The number of aromatic nitrogens is 2. The van der Waals surface area contributed by atoms with E-state index in [2.05, 4.69) is 9.98 Å². The molecule has 0 spiro atoms. The van der Waals surface area contributed by atoms with Crippen LogP contribution in [-0.4, -0.2) is 25.2 Å². The Bertz CT molecular complexity index is 1470. The number of hydrogen-bond acceptors (Lipinski definition) is 8. The van der Waals surface area contributed by atoms with Gasteiger partial charge >= 0.3 is 0 Å². The van der Waals surface area contributed by atoms with Crippen LogP contribution in [-0.2, 0) is 0 Å². The second kappa shape index (κ2) is 9.55. The highest BCUT2D eigenvalue weighted by Gasteiger charge is 2.14. The molecule has 2 aromatic carbocycles. The van der Waals surface area contributed by atoms with Crippen molar-refractivity contribution in [1.29, 1.82) is 0 Å². The third-order valence-corrected chi connectivity index (χ3v) is 5.82. The summed E-state index contributed by atoms with van der Waals surface area (Å²) in [6, 6.07) is 14.7. The number of thiazole rings is 1. The molecule has 0 radical (unpaired) electrons. The van der Waals surface area contributed by atoms with Gasteiger partial charge in [-0.1, -0.05) is 12.1 Å². The lowest BCUT2D eigenvalue weighted by Crippen LogP contribution is -2.14. The quantitative estimate of drug-likeness (QED) is 0.214. The van der Waals surface area contributed by atoms with E-state index >= 15 is 0 Å². The molecule has 0 N–H and O–H groups in total. The first-order chi connectivity index (χ1) is 16.3. The monoisotopic (exact) mass is 474 g/mol. The smallest absolute Gasteiger partial charge is 0.262 e. The molecule has 2 heterocycles. The Kier molecular flexibility index (Phi) is 6.37. The Morgan fingerprint density at radius 3 is 2.47 bits per heavy atom. The van der Waals surface area contributed by atoms with Gasteiger partial charge in [0.25, 0.3) is 11.4 Å². The van der Waals surface area contributed by atoms with Gasteiger partial charge in [0.2, 0.25) is 4.80 Å². The second-order valence-electron chi connectivity index (χ2n) is 7.29. The molecule has 0 bridgehead atoms. The summed E-state index contributed by atoms with van der Waals surface area (Å²) in [4.78, 5) is 30.8. The van der Waals surface area contributed by atoms with Gasteiger partial charge in [0.15, 0.2) is 0 Å². The fraction of sp³-hybridized carbons (Fsp3) is 0.0870. The molecular formula is C23H18N6O4S. The highest BCUT2D eigenvalue weighted by molar-refractivity contribution is 7.07. The molecule has 0 aliphatic carbocycles. The van der Waals surface area contributed by atoms with Crippen LogP contribution in [0.1, 0.15) is 18.1 Å². The van der Waals surface area contributed by atoms with Crippen LogP contribution >= 0.6 is 11.3 Å². The maximum atomic E-state index is 11.4. The van der Waals surface area contributed by atoms with Crippen LogP contribution in [0.4, 0.5) is 17.1 Å². The summed E-state index contributed by atoms with van der Waals surface area (Å²) in [7, 11) is 0. The van der Waals surface area contributed by atoms with Crippen molar-refractivity contribution in [1.82, 2.24) is 9.66 Å². The number of nitro benzene ring substituents is 2. The Hall–Kier alpha value is -4.51. The van der Waals surface area contributed by atoms with Gasteiger partial charge in [0.05, 0.1) is 33.1 Å². The average molecular weight is 475 g/mol. The van der Waals surface area contributed by atoms with Crippen molar-refractivity contribution in [3.8, 4) is 11.3 Å². The minimum atomic E-state index is -0.457. The SMILES string of the molecule is CC(=Nn1c(-c2ccc([N+](=O)[O-])cc2)csc1=Nc1cccnc1)c1ccc(C)c([N+](=O)[O-])c1. The van der Waals surface area contributed by atoms with E-state index in [4.69, 9.17) is 5.10 Å². The molecule has 0 amide bonds. The first-order valence-electron chi connectivity index (χ1n) is 10.0. The Labute approximate surface area is 197 Å². The molecule has 2 aromatic heterocycles. The Morgan fingerprint density at radius 1 is 1.06 bits per heavy atom. The van der Waals surface area contributed by atoms with Gasteiger partial charge in [-0.25, -0.2) is 9.67 Å². The summed E-state index contributed by atoms with van der Waals surface area (Å²) in [6.07, 6.45) is 3.27. The number of benzene rings is 2. The van der Waals surface area contributed by atoms with Crippen molar-refractivity contribution in [2.45, 2.75) is 13.8 Å². The van der Waals surface area contributed by atoms with E-state index in [9.17, 15) is 20.2 Å². The fourth-order valence-electron chi connectivity index (χ4n) is 3.20. The molecule has 11 heteroatoms. The average Bonchev–Trinajstić information content (AvgIpc) is 3.21. The van der Waals surface area contributed by atoms with Crippen LogP contribution in [0.15, 0.2) is 82.5 Å². The van der Waals surface area contributed by atoms with Crippen molar-refractivity contribution >= 4 is 34.1 Å². The van der Waals surface area contributed by atoms with Crippen LogP contribution in [0.3, 0.4) is 0 Å². The normalized spacial score (nSPS) is 12.1. The van der Waals surface area contributed by atoms with Crippen LogP contribution in [0.2, 0.25) is 0 Å². The molecule has 0 unspecified atom stereocenters. The van der Waals surface area contributed by atoms with Crippen molar-refractivity contribution in [2.75, 3.05) is 0 Å². The largest absolute Gasteiger partial charge is 0.272 e. The summed E-state index contributed by atoms with van der Waals surface area (Å²) in [5, 5.41) is 29.0. The van der Waals surface area contributed by atoms with E-state index in [1.165, 1.54) is 29.5 Å². The number of hydrogen-bond donors (Lipinski definition) is 0. The minimum absolute atomic E-state index is 0.0123. The molecule has 10 nitrogen and oxygen atoms in total. The minimum Gasteiger partial charge on any atom is -0.262 e. The van der Waals surface area contributed by atoms with E-state index in [1.54, 1.807) is 61.2 Å². The molecule has 0 fully saturated rings. The van der Waals surface area contributed by atoms with E-state index in [0.29, 0.717) is 38.6 Å². The van der Waals surface area contributed by atoms with E-state index in [1.807, 2.05) is 11.4 Å². The zero-order chi connectivity index (χ0) is 24.2. The summed E-state index contributed by atoms with van der Waals surface area (Å²) < 4.78 is 1.62. The predicted octanol–water partition coefficient (Wildman–Crippen LogP) is 5.24. The van der Waals surface area contributed by atoms with Gasteiger partial charge in [-0.3, -0.25) is 25.2 Å². The zero-order valence-electron chi connectivity index (χ0n) is 18.2. The van der Waals surface area contributed by atoms with Crippen LogP contribution in [0.5, 0.6) is 0 Å². The lowest BCUT2D eigenvalue weighted by molar-refractivity contribution is -0.385. The third-order valence-electron chi connectivity index (χ3n) is 5.00. The van der Waals surface area contributed by atoms with E-state index < -0.39 is 9.85 Å². The van der Waals surface area contributed by atoms with Gasteiger partial charge in [-0.05, 0) is 38.1 Å². The number of rotatable bonds is 6. The van der Waals surface area contributed by atoms with Crippen molar-refractivity contribution in [3.05, 3.63) is 109 Å². The molecule has 0 saturated heterocycles. The van der Waals surface area contributed by atoms with Gasteiger partial charge in [-0.15, -0.1) is 11.3 Å². The van der Waals surface area contributed by atoms with Crippen LogP contribution < -0.4 is 4.80 Å². The number of nitro groups is 2. The predicted molar refractivity (Wildman–Crippen MR) is 129 cm³/mol. The first kappa shape index (κ1) is 22.7. The van der Waals surface area contributed by atoms with Gasteiger partial charge in [0.1, 0.15) is 0 Å².